The normalized spacial score (nSPS) is 25.0. The van der Waals surface area contributed by atoms with Crippen molar-refractivity contribution in [3.05, 3.63) is 157 Å². The molecule has 3 aromatic carbocycles. The number of benzene rings is 3. The number of aliphatic hydroxyl groups excluding tert-OH is 2. The number of nitriles is 3. The van der Waals surface area contributed by atoms with Crippen LogP contribution in [-0.2, 0) is 0 Å². The highest BCUT2D eigenvalue weighted by molar-refractivity contribution is 6.35. The molecule has 6 aliphatic heterocycles. The van der Waals surface area contributed by atoms with Crippen LogP contribution in [0.4, 0.5) is 13.2 Å². The largest absolute Gasteiger partial charge is 0.417 e. The third-order valence-electron chi connectivity index (χ3n) is 19.3. The zero-order valence-corrected chi connectivity index (χ0v) is 49.7. The van der Waals surface area contributed by atoms with Gasteiger partial charge in [-0.3, -0.25) is 29.1 Å². The number of aryl methyl sites for hydroxylation is 1. The minimum absolute atomic E-state index is 0.000931. The van der Waals surface area contributed by atoms with E-state index in [9.17, 15) is 42.9 Å². The zero-order chi connectivity index (χ0) is 61.1. The van der Waals surface area contributed by atoms with Crippen LogP contribution in [0.2, 0.25) is 5.02 Å². The van der Waals surface area contributed by atoms with Crippen LogP contribution in [0, 0.1) is 82.5 Å². The summed E-state index contributed by atoms with van der Waals surface area (Å²) < 4.78 is 45.9. The summed E-state index contributed by atoms with van der Waals surface area (Å²) in [5.41, 5.74) is 9.87. The summed E-state index contributed by atoms with van der Waals surface area (Å²) in [6.45, 7) is 14.3. The molecule has 19 heteroatoms. The van der Waals surface area contributed by atoms with Gasteiger partial charge in [0.25, 0.3) is 0 Å². The van der Waals surface area contributed by atoms with Crippen molar-refractivity contribution in [2.24, 2.45) is 0 Å². The second-order valence-electron chi connectivity index (χ2n) is 24.1. The van der Waals surface area contributed by atoms with Gasteiger partial charge in [-0.1, -0.05) is 11.6 Å². The Balaban J connectivity index is 0.000000142. The number of halogens is 4. The van der Waals surface area contributed by atoms with E-state index >= 15 is 0 Å². The fourth-order valence-corrected chi connectivity index (χ4v) is 15.3. The molecular formula is C66H71ClF3N9O6. The first-order chi connectivity index (χ1) is 40.4. The number of hydrogen-bond acceptors (Lipinski definition) is 12. The Morgan fingerprint density at radius 2 is 0.929 bits per heavy atom. The number of nitrogens with zero attached hydrogens (tertiary/aromatic N) is 9. The Bertz CT molecular complexity index is 3530. The lowest BCUT2D eigenvalue weighted by Gasteiger charge is -2.44. The molecule has 444 valence electrons. The third-order valence-corrected chi connectivity index (χ3v) is 19.8. The van der Waals surface area contributed by atoms with E-state index < -0.39 is 23.9 Å². The molecule has 6 fully saturated rings. The molecule has 3 N–H and O–H groups in total. The van der Waals surface area contributed by atoms with Crippen LogP contribution < -0.4 is 0 Å². The van der Waals surface area contributed by atoms with Gasteiger partial charge in [-0.15, -0.1) is 0 Å². The molecule has 6 bridgehead atoms. The van der Waals surface area contributed by atoms with Gasteiger partial charge < -0.3 is 29.0 Å². The van der Waals surface area contributed by atoms with Crippen LogP contribution >= 0.6 is 11.6 Å². The summed E-state index contributed by atoms with van der Waals surface area (Å²) in [7, 11) is 0. The summed E-state index contributed by atoms with van der Waals surface area (Å²) in [5, 5.41) is 57.9. The van der Waals surface area contributed by atoms with Crippen LogP contribution in [0.1, 0.15) is 152 Å². The van der Waals surface area contributed by atoms with Crippen LogP contribution in [-0.4, -0.2) is 141 Å². The molecule has 15 nitrogen and oxygen atoms in total. The van der Waals surface area contributed by atoms with Gasteiger partial charge in [0.2, 0.25) is 0 Å². The average Bonchev–Trinajstić information content (AvgIpc) is 2.69. The Morgan fingerprint density at radius 1 is 0.541 bits per heavy atom. The average molecular weight is 1180 g/mol. The van der Waals surface area contributed by atoms with E-state index in [1.165, 1.54) is 0 Å². The van der Waals surface area contributed by atoms with Crippen LogP contribution in [0.3, 0.4) is 0 Å². The lowest BCUT2D eigenvalue weighted by atomic mass is 9.85. The van der Waals surface area contributed by atoms with Crippen molar-refractivity contribution in [1.29, 1.82) is 15.8 Å². The van der Waals surface area contributed by atoms with Crippen LogP contribution in [0.15, 0.2) is 78.9 Å². The monoisotopic (exact) mass is 1180 g/mol. The van der Waals surface area contributed by atoms with Crippen molar-refractivity contribution in [2.45, 2.75) is 173 Å². The Labute approximate surface area is 498 Å². The highest BCUT2D eigenvalue weighted by atomic mass is 35.5. The van der Waals surface area contributed by atoms with E-state index in [1.54, 1.807) is 42.5 Å². The van der Waals surface area contributed by atoms with E-state index in [-0.39, 0.29) is 61.0 Å². The fourth-order valence-electron chi connectivity index (χ4n) is 15.0. The van der Waals surface area contributed by atoms with Crippen LogP contribution in [0.25, 0.3) is 17.1 Å². The number of rotatable bonds is 12. The highest BCUT2D eigenvalue weighted by Crippen LogP contribution is 2.48. The predicted octanol–water partition coefficient (Wildman–Crippen LogP) is 10.5. The fraction of sp³-hybridized carbons (Fsp3) is 0.455. The molecule has 3 aromatic heterocycles. The summed E-state index contributed by atoms with van der Waals surface area (Å²) in [4.78, 5) is 45.6. The van der Waals surface area contributed by atoms with E-state index in [4.69, 9.17) is 27.4 Å². The lowest BCUT2D eigenvalue weighted by molar-refractivity contribution is -0.278. The number of fused-ring (bicyclic) bond motifs is 6. The number of alkyl halides is 3. The maximum absolute atomic E-state index is 13.3. The summed E-state index contributed by atoms with van der Waals surface area (Å²) in [6, 6.07) is 29.8. The van der Waals surface area contributed by atoms with E-state index in [2.05, 4.69) is 32.6 Å². The number of piperidine rings is 1. The summed E-state index contributed by atoms with van der Waals surface area (Å²) >= 11 is 6.56. The number of aliphatic hydroxyl groups is 3. The van der Waals surface area contributed by atoms with Gasteiger partial charge in [0.05, 0.1) is 77.3 Å². The van der Waals surface area contributed by atoms with Gasteiger partial charge in [-0.25, -0.2) is 0 Å². The van der Waals surface area contributed by atoms with Crippen molar-refractivity contribution in [1.82, 2.24) is 28.4 Å². The summed E-state index contributed by atoms with van der Waals surface area (Å²) in [5.74, 6) is -0.00664. The van der Waals surface area contributed by atoms with Gasteiger partial charge in [0.1, 0.15) is 0 Å². The van der Waals surface area contributed by atoms with Crippen LogP contribution in [0.5, 0.6) is 0 Å². The minimum Gasteiger partial charge on any atom is -0.391 e. The number of Topliss-reactive ketones (excluding diaryl/α,β-unsaturated/α-hetero) is 3. The molecule has 6 aliphatic rings. The first-order valence-electron chi connectivity index (χ1n) is 29.2. The smallest absolute Gasteiger partial charge is 0.391 e. The third kappa shape index (κ3) is 11.3. The molecule has 9 heterocycles. The van der Waals surface area contributed by atoms with Crippen molar-refractivity contribution >= 4 is 29.0 Å². The Morgan fingerprint density at radius 3 is 1.33 bits per heavy atom. The number of hydrogen-bond donors (Lipinski definition) is 3. The SMILES string of the molecule is Cc1c(C(=O)CN2C3CCC2[C@@H](O)C3)c(C)n(-c2ccc(C#N)cc2)c1C.Cc1c(Cl)c(C(=O)CN2C3CCC2[C@@H](O)C3)c(C)n1-c1ccc(C#N)cc1.Cc1cc(C(=O)CN2[C@@H]3CC[C@@H]2CC(O)(C(F)(F)F)C3)c(C)n1-c1ccc(C#N)cc1. The van der Waals surface area contributed by atoms with E-state index in [0.717, 1.165) is 101 Å². The second kappa shape index (κ2) is 23.9. The first-order valence-corrected chi connectivity index (χ1v) is 29.5. The molecule has 12 rings (SSSR count). The molecule has 6 aromatic rings. The molecule has 85 heavy (non-hydrogen) atoms. The maximum atomic E-state index is 13.3. The number of ketones is 3. The van der Waals surface area contributed by atoms with Crippen molar-refractivity contribution < 1.29 is 42.9 Å². The highest BCUT2D eigenvalue weighted by Gasteiger charge is 2.61. The number of carbonyl (C=O) groups excluding carboxylic acids is 3. The van der Waals surface area contributed by atoms with Gasteiger partial charge >= 0.3 is 6.18 Å². The standard InChI is InChI=1S/C23H24F3N3O2.C22H25N3O2.C21H22ClN3O2/c1-14-9-20(15(2)29(14)17-5-3-16(12-27)4-6-17)21(30)13-28-18-7-8-19(28)11-22(31,10-18)23(24,25)26;1-13-14(2)25(17-6-4-16(11-23)5-7-17)15(3)22(13)21(27)12-24-18-8-9-19(24)20(26)10-18;1-12-20(19(27)11-24-16-7-8-17(24)18(26)9-16)21(22)13(2)25(12)15-5-3-14(10-23)4-6-15/h3-6,9,18-19,31H,7-8,10-11,13H2,1-2H3;4-7,18-20,26H,8-10,12H2,1-3H3;3-6,16-18,26H,7-9,11H2,1-2H3/t18-,19-;18?,19?,20-;16?,17?,18-/m100/s1. The molecule has 0 aliphatic carbocycles. The van der Waals surface area contributed by atoms with Gasteiger partial charge in [0.15, 0.2) is 23.0 Å². The van der Waals surface area contributed by atoms with E-state index in [0.29, 0.717) is 70.9 Å². The predicted molar refractivity (Wildman–Crippen MR) is 315 cm³/mol. The van der Waals surface area contributed by atoms with Gasteiger partial charge in [0, 0.05) is 111 Å². The number of aromatic nitrogens is 3. The molecule has 0 saturated carbocycles. The molecular weight excluding hydrogens is 1110 g/mol. The maximum Gasteiger partial charge on any atom is 0.417 e. The Kier molecular flexibility index (Phi) is 17.2. The minimum atomic E-state index is -4.66. The van der Waals surface area contributed by atoms with Gasteiger partial charge in [-0.2, -0.15) is 29.0 Å². The topological polar surface area (TPSA) is 208 Å². The van der Waals surface area contributed by atoms with Crippen molar-refractivity contribution in [3.8, 4) is 35.3 Å². The lowest BCUT2D eigenvalue weighted by Crippen LogP contribution is -2.58. The van der Waals surface area contributed by atoms with Crippen molar-refractivity contribution in [3.63, 3.8) is 0 Å². The summed E-state index contributed by atoms with van der Waals surface area (Å²) in [6.07, 6.45) is 0.704. The Hall–Kier alpha value is -7.18. The molecule has 4 unspecified atom stereocenters. The molecule has 6 saturated heterocycles. The molecule has 0 amide bonds. The molecule has 0 spiro atoms. The number of carbonyl (C=O) groups is 3. The molecule has 8 atom stereocenters. The second-order valence-corrected chi connectivity index (χ2v) is 24.5. The first kappa shape index (κ1) is 60.9. The van der Waals surface area contributed by atoms with Crippen molar-refractivity contribution in [2.75, 3.05) is 19.6 Å². The van der Waals surface area contributed by atoms with E-state index in [1.807, 2.05) is 98.9 Å². The quantitative estimate of drug-likeness (QED) is 0.0979. The van der Waals surface area contributed by atoms with Gasteiger partial charge in [-0.05, 0) is 184 Å². The molecule has 0 radical (unpaired) electrons. The zero-order valence-electron chi connectivity index (χ0n) is 48.9.